The van der Waals surface area contributed by atoms with Crippen molar-refractivity contribution < 1.29 is 52.4 Å². The van der Waals surface area contributed by atoms with Gasteiger partial charge in [-0.05, 0) is 84.9 Å². The second-order valence-corrected chi connectivity index (χ2v) is 15.3. The molecule has 0 aliphatic heterocycles. The summed E-state index contributed by atoms with van der Waals surface area (Å²) in [5, 5.41) is 0. The number of fused-ring (bicyclic) bond motifs is 3. The third kappa shape index (κ3) is 5.87. The van der Waals surface area contributed by atoms with Crippen molar-refractivity contribution >= 4 is 29.8 Å². The minimum absolute atomic E-state index is 0.0174. The zero-order valence-electron chi connectivity index (χ0n) is 29.0. The molecule has 266 valence electrons. The van der Waals surface area contributed by atoms with Gasteiger partial charge in [0.1, 0.15) is 33.0 Å². The minimum atomic E-state index is -0.710. The van der Waals surface area contributed by atoms with Crippen molar-refractivity contribution in [1.82, 2.24) is 0 Å². The van der Waals surface area contributed by atoms with Crippen LogP contribution in [0.25, 0.3) is 0 Å². The van der Waals surface area contributed by atoms with Gasteiger partial charge in [0.2, 0.25) is 0 Å². The topological polar surface area (TPSA) is 141 Å². The third-order valence-corrected chi connectivity index (χ3v) is 12.8. The van der Waals surface area contributed by atoms with Gasteiger partial charge in [-0.3, -0.25) is 14.4 Å². The van der Waals surface area contributed by atoms with Crippen molar-refractivity contribution in [2.75, 3.05) is 46.8 Å². The van der Waals surface area contributed by atoms with Crippen LogP contribution >= 0.6 is 0 Å². The van der Waals surface area contributed by atoms with E-state index in [1.807, 2.05) is 6.92 Å². The van der Waals surface area contributed by atoms with Crippen LogP contribution in [0.2, 0.25) is 0 Å². The standard InChI is InChI=1S/C37H52O11/c1-8-25(38)44-15-17-47-33(41)28-27(32(40)46-14-13-43-7)30-22-20-35(5)11-10-12-36(6,34(42)48-18-16-45-26(39)9-2)24(35)19-23(22)37(30)29(21(3)4)31(28)37/h8-9,21-24,27-31H,1-2,10-20H2,3-7H3. The van der Waals surface area contributed by atoms with Crippen LogP contribution < -0.4 is 0 Å². The number of hydrogen-bond acceptors (Lipinski definition) is 11. The fourth-order valence-electron chi connectivity index (χ4n) is 11.4. The van der Waals surface area contributed by atoms with Crippen LogP contribution in [0, 0.1) is 69.5 Å². The summed E-state index contributed by atoms with van der Waals surface area (Å²) >= 11 is 0. The average molecular weight is 673 g/mol. The third-order valence-electron chi connectivity index (χ3n) is 12.8. The van der Waals surface area contributed by atoms with Gasteiger partial charge in [0, 0.05) is 19.3 Å². The Morgan fingerprint density at radius 3 is 1.88 bits per heavy atom. The highest BCUT2D eigenvalue weighted by molar-refractivity contribution is 5.86. The number of esters is 5. The van der Waals surface area contributed by atoms with E-state index in [-0.39, 0.29) is 104 Å². The van der Waals surface area contributed by atoms with Gasteiger partial charge in [-0.2, -0.15) is 0 Å². The molecule has 5 saturated carbocycles. The molecule has 1 spiro atoms. The Kier molecular flexibility index (Phi) is 10.5. The Labute approximate surface area is 283 Å². The summed E-state index contributed by atoms with van der Waals surface area (Å²) in [4.78, 5) is 64.5. The minimum Gasteiger partial charge on any atom is -0.463 e. The average Bonchev–Trinajstić information content (AvgIpc) is 3.68. The van der Waals surface area contributed by atoms with Crippen LogP contribution in [0.1, 0.15) is 59.8 Å². The summed E-state index contributed by atoms with van der Waals surface area (Å²) in [6, 6.07) is 0. The fraction of sp³-hybridized carbons (Fsp3) is 0.757. The lowest BCUT2D eigenvalue weighted by Gasteiger charge is -2.66. The molecule has 0 amide bonds. The van der Waals surface area contributed by atoms with Crippen LogP contribution in [0.3, 0.4) is 0 Å². The molecule has 5 aliphatic carbocycles. The molecular formula is C37H52O11. The summed E-state index contributed by atoms with van der Waals surface area (Å²) < 4.78 is 32.3. The first-order valence-electron chi connectivity index (χ1n) is 17.4. The molecule has 0 bridgehead atoms. The van der Waals surface area contributed by atoms with Crippen LogP contribution in [0.15, 0.2) is 25.3 Å². The molecule has 0 heterocycles. The van der Waals surface area contributed by atoms with Crippen molar-refractivity contribution in [2.45, 2.75) is 59.8 Å². The molecule has 11 nitrogen and oxygen atoms in total. The van der Waals surface area contributed by atoms with Gasteiger partial charge in [0.25, 0.3) is 0 Å². The number of carbonyl (C=O) groups is 5. The lowest BCUT2D eigenvalue weighted by molar-refractivity contribution is -0.207. The molecule has 5 rings (SSSR count). The van der Waals surface area contributed by atoms with Crippen molar-refractivity contribution in [3.8, 4) is 0 Å². The molecule has 5 aliphatic rings. The van der Waals surface area contributed by atoms with E-state index in [0.717, 1.165) is 37.8 Å². The number of methoxy groups -OCH3 is 1. The maximum atomic E-state index is 13.9. The highest BCUT2D eigenvalue weighted by Gasteiger charge is 2.90. The SMILES string of the molecule is C=CC(=O)OCCOC(=O)C1C(C(=O)OCCOC)C2C3CC4(C)CCCC(C)(C(=O)OCCOC(=O)C=C)C4CC3C23C(C(C)C)C13. The van der Waals surface area contributed by atoms with Gasteiger partial charge in [-0.15, -0.1) is 0 Å². The Hall–Kier alpha value is -3.21. The van der Waals surface area contributed by atoms with E-state index in [4.69, 9.17) is 28.4 Å². The molecular weight excluding hydrogens is 620 g/mol. The van der Waals surface area contributed by atoms with Crippen LogP contribution in [-0.2, 0) is 52.4 Å². The predicted octanol–water partition coefficient (Wildman–Crippen LogP) is 4.32. The Balaban J connectivity index is 1.41. The lowest BCUT2D eigenvalue weighted by atomic mass is 9.38. The van der Waals surface area contributed by atoms with E-state index in [1.165, 1.54) is 0 Å². The fourth-order valence-corrected chi connectivity index (χ4v) is 11.4. The number of carbonyl (C=O) groups excluding carboxylic acids is 5. The Morgan fingerprint density at radius 2 is 1.31 bits per heavy atom. The van der Waals surface area contributed by atoms with Gasteiger partial charge >= 0.3 is 29.8 Å². The second kappa shape index (κ2) is 14.0. The number of rotatable bonds is 15. The molecule has 0 N–H and O–H groups in total. The van der Waals surface area contributed by atoms with Crippen molar-refractivity contribution in [3.63, 3.8) is 0 Å². The predicted molar refractivity (Wildman–Crippen MR) is 172 cm³/mol. The van der Waals surface area contributed by atoms with E-state index < -0.39 is 35.2 Å². The quantitative estimate of drug-likeness (QED) is 0.106. The van der Waals surface area contributed by atoms with E-state index >= 15 is 0 Å². The van der Waals surface area contributed by atoms with Crippen molar-refractivity contribution in [2.24, 2.45) is 69.5 Å². The zero-order chi connectivity index (χ0) is 35.0. The number of ether oxygens (including phenoxy) is 6. The molecule has 0 saturated heterocycles. The van der Waals surface area contributed by atoms with Gasteiger partial charge in [0.15, 0.2) is 0 Å². The molecule has 11 atom stereocenters. The molecule has 0 aromatic heterocycles. The maximum absolute atomic E-state index is 13.9. The van der Waals surface area contributed by atoms with Crippen LogP contribution in [0.5, 0.6) is 0 Å². The van der Waals surface area contributed by atoms with Gasteiger partial charge < -0.3 is 28.4 Å². The number of hydrogen-bond donors (Lipinski definition) is 0. The largest absolute Gasteiger partial charge is 0.463 e. The first-order chi connectivity index (χ1) is 22.8. The second-order valence-electron chi connectivity index (χ2n) is 15.3. The first kappa shape index (κ1) is 36.1. The molecule has 48 heavy (non-hydrogen) atoms. The molecule has 11 unspecified atom stereocenters. The summed E-state index contributed by atoms with van der Waals surface area (Å²) in [6.45, 7) is 15.5. The molecule has 0 aromatic carbocycles. The first-order valence-corrected chi connectivity index (χ1v) is 17.4. The normalized spacial score (nSPS) is 38.5. The summed E-state index contributed by atoms with van der Waals surface area (Å²) in [5.41, 5.74) is -1.08. The molecule has 5 fully saturated rings. The van der Waals surface area contributed by atoms with Crippen LogP contribution in [-0.4, -0.2) is 76.6 Å². The summed E-state index contributed by atoms with van der Waals surface area (Å²) in [7, 11) is 1.54. The van der Waals surface area contributed by atoms with Gasteiger partial charge in [-0.25, -0.2) is 9.59 Å². The van der Waals surface area contributed by atoms with E-state index in [2.05, 4.69) is 33.9 Å². The highest BCUT2D eigenvalue weighted by Crippen LogP contribution is 2.90. The van der Waals surface area contributed by atoms with Gasteiger partial charge in [-0.1, -0.05) is 40.3 Å². The summed E-state index contributed by atoms with van der Waals surface area (Å²) in [5.74, 6) is -2.60. The van der Waals surface area contributed by atoms with Crippen molar-refractivity contribution in [3.05, 3.63) is 25.3 Å². The van der Waals surface area contributed by atoms with E-state index in [1.54, 1.807) is 7.11 Å². The van der Waals surface area contributed by atoms with E-state index in [9.17, 15) is 24.0 Å². The van der Waals surface area contributed by atoms with Gasteiger partial charge in [0.05, 0.1) is 23.9 Å². The molecule has 0 aromatic rings. The summed E-state index contributed by atoms with van der Waals surface area (Å²) in [6.07, 6.45) is 6.36. The highest BCUT2D eigenvalue weighted by atomic mass is 16.6. The maximum Gasteiger partial charge on any atom is 0.330 e. The zero-order valence-corrected chi connectivity index (χ0v) is 29.0. The molecule has 11 heteroatoms. The van der Waals surface area contributed by atoms with Crippen molar-refractivity contribution in [1.29, 1.82) is 0 Å². The smallest absolute Gasteiger partial charge is 0.330 e. The van der Waals surface area contributed by atoms with Crippen LogP contribution in [0.4, 0.5) is 0 Å². The Bertz CT molecular complexity index is 1310. The Morgan fingerprint density at radius 1 is 0.771 bits per heavy atom. The lowest BCUT2D eigenvalue weighted by Crippen LogP contribution is -2.63. The molecule has 0 radical (unpaired) electrons. The van der Waals surface area contributed by atoms with E-state index in [0.29, 0.717) is 6.42 Å². The monoisotopic (exact) mass is 672 g/mol.